The monoisotopic (exact) mass is 500 g/mol. The highest BCUT2D eigenvalue weighted by Crippen LogP contribution is 2.29. The predicted molar refractivity (Wildman–Crippen MR) is 159 cm³/mol. The van der Waals surface area contributed by atoms with Crippen molar-refractivity contribution >= 4 is 16.8 Å². The third kappa shape index (κ3) is 5.02. The molecular formula is C35H36N2O. The number of nitrogens with zero attached hydrogens (tertiary/aromatic N) is 1. The number of aryl methyl sites for hydroxylation is 3. The van der Waals surface area contributed by atoms with Crippen molar-refractivity contribution in [1.29, 1.82) is 0 Å². The quantitative estimate of drug-likeness (QED) is 0.239. The van der Waals surface area contributed by atoms with Gasteiger partial charge in [-0.3, -0.25) is 4.79 Å². The molecule has 1 N–H and O–H groups in total. The molecule has 0 bridgehead atoms. The number of hydrogen-bond acceptors (Lipinski definition) is 1. The molecule has 0 saturated carbocycles. The first-order chi connectivity index (χ1) is 18.4. The van der Waals surface area contributed by atoms with Gasteiger partial charge in [0.1, 0.15) is 0 Å². The van der Waals surface area contributed by atoms with Crippen molar-refractivity contribution in [2.24, 2.45) is 0 Å². The minimum absolute atomic E-state index is 0.0458. The molecule has 1 atom stereocenters. The molecule has 1 amide bonds. The molecule has 5 aromatic rings. The number of hydrogen-bond donors (Lipinski definition) is 1. The van der Waals surface area contributed by atoms with Crippen LogP contribution in [-0.4, -0.2) is 10.5 Å². The number of carbonyl (C=O) groups excluding carboxylic acids is 1. The Morgan fingerprint density at radius 2 is 1.53 bits per heavy atom. The summed E-state index contributed by atoms with van der Waals surface area (Å²) in [5.41, 5.74) is 11.8. The number of amides is 1. The summed E-state index contributed by atoms with van der Waals surface area (Å²) >= 11 is 0. The Morgan fingerprint density at radius 1 is 0.842 bits per heavy atom. The van der Waals surface area contributed by atoms with Gasteiger partial charge < -0.3 is 9.88 Å². The Bertz CT molecular complexity index is 1590. The Labute approximate surface area is 226 Å². The van der Waals surface area contributed by atoms with E-state index in [1.807, 2.05) is 19.1 Å². The molecule has 3 heteroatoms. The van der Waals surface area contributed by atoms with Crippen LogP contribution in [0.25, 0.3) is 22.0 Å². The van der Waals surface area contributed by atoms with Gasteiger partial charge >= 0.3 is 0 Å². The van der Waals surface area contributed by atoms with Crippen molar-refractivity contribution in [1.82, 2.24) is 9.88 Å². The van der Waals surface area contributed by atoms with Gasteiger partial charge in [0.05, 0.1) is 6.04 Å². The number of nitrogens with one attached hydrogen (secondary N) is 1. The summed E-state index contributed by atoms with van der Waals surface area (Å²) in [5, 5.41) is 4.30. The van der Waals surface area contributed by atoms with Gasteiger partial charge in [0.2, 0.25) is 0 Å². The Kier molecular flexibility index (Phi) is 7.20. The van der Waals surface area contributed by atoms with Crippen LogP contribution in [-0.2, 0) is 13.0 Å². The van der Waals surface area contributed by atoms with E-state index in [0.29, 0.717) is 5.56 Å². The molecule has 4 aromatic carbocycles. The number of benzene rings is 4. The van der Waals surface area contributed by atoms with Crippen LogP contribution in [0.1, 0.15) is 63.8 Å². The first-order valence-corrected chi connectivity index (χ1v) is 13.5. The van der Waals surface area contributed by atoms with Crippen molar-refractivity contribution < 1.29 is 4.79 Å². The highest BCUT2D eigenvalue weighted by molar-refractivity contribution is 5.99. The van der Waals surface area contributed by atoms with E-state index < -0.39 is 0 Å². The molecule has 0 saturated heterocycles. The van der Waals surface area contributed by atoms with E-state index in [9.17, 15) is 4.79 Å². The van der Waals surface area contributed by atoms with E-state index in [4.69, 9.17) is 0 Å². The number of carbonyl (C=O) groups is 1. The first kappa shape index (κ1) is 25.5. The summed E-state index contributed by atoms with van der Waals surface area (Å²) in [7, 11) is 0. The van der Waals surface area contributed by atoms with E-state index in [1.54, 1.807) is 0 Å². The van der Waals surface area contributed by atoms with Crippen LogP contribution in [0.5, 0.6) is 0 Å². The summed E-state index contributed by atoms with van der Waals surface area (Å²) in [6, 6.07) is 31.9. The van der Waals surface area contributed by atoms with Gasteiger partial charge in [0.15, 0.2) is 0 Å². The second-order valence-corrected chi connectivity index (χ2v) is 10.3. The van der Waals surface area contributed by atoms with Crippen molar-refractivity contribution in [3.8, 4) is 11.1 Å². The predicted octanol–water partition coefficient (Wildman–Crippen LogP) is 8.34. The first-order valence-electron chi connectivity index (χ1n) is 13.5. The molecule has 192 valence electrons. The lowest BCUT2D eigenvalue weighted by atomic mass is 9.99. The lowest BCUT2D eigenvalue weighted by Crippen LogP contribution is -2.26. The van der Waals surface area contributed by atoms with Crippen LogP contribution in [0.2, 0.25) is 0 Å². The number of fused-ring (bicyclic) bond motifs is 1. The zero-order valence-corrected chi connectivity index (χ0v) is 23.0. The minimum atomic E-state index is -0.0563. The van der Waals surface area contributed by atoms with Gasteiger partial charge in [-0.25, -0.2) is 0 Å². The molecule has 1 heterocycles. The normalized spacial score (nSPS) is 12.0. The largest absolute Gasteiger partial charge is 0.346 e. The van der Waals surface area contributed by atoms with E-state index in [2.05, 4.69) is 116 Å². The Hall–Kier alpha value is -4.11. The van der Waals surface area contributed by atoms with Gasteiger partial charge in [-0.2, -0.15) is 0 Å². The average Bonchev–Trinajstić information content (AvgIpc) is 3.18. The van der Waals surface area contributed by atoms with E-state index >= 15 is 0 Å². The summed E-state index contributed by atoms with van der Waals surface area (Å²) in [6.07, 6.45) is 1.01. The SMILES string of the molecule is CCc1ccc([C@H](C)NC(=O)c2ccc3c(c2)c(C)c(C)n3Cc2ccc(-c3ccccc3C)cc2)cc1. The smallest absolute Gasteiger partial charge is 0.251 e. The molecule has 38 heavy (non-hydrogen) atoms. The van der Waals surface area contributed by atoms with Gasteiger partial charge in [-0.05, 0) is 91.3 Å². The maximum Gasteiger partial charge on any atom is 0.251 e. The molecule has 3 nitrogen and oxygen atoms in total. The van der Waals surface area contributed by atoms with E-state index in [1.165, 1.54) is 39.1 Å². The topological polar surface area (TPSA) is 34.0 Å². The third-order valence-corrected chi connectivity index (χ3v) is 7.89. The summed E-state index contributed by atoms with van der Waals surface area (Å²) < 4.78 is 2.35. The van der Waals surface area contributed by atoms with Crippen LogP contribution >= 0.6 is 0 Å². The van der Waals surface area contributed by atoms with E-state index in [0.717, 1.165) is 29.4 Å². The summed E-state index contributed by atoms with van der Waals surface area (Å²) in [6.45, 7) is 11.4. The Morgan fingerprint density at radius 3 is 2.21 bits per heavy atom. The van der Waals surface area contributed by atoms with Crippen molar-refractivity contribution in [2.75, 3.05) is 0 Å². The highest BCUT2D eigenvalue weighted by atomic mass is 16.1. The van der Waals surface area contributed by atoms with Crippen LogP contribution in [0.15, 0.2) is 91.0 Å². The van der Waals surface area contributed by atoms with E-state index in [-0.39, 0.29) is 11.9 Å². The number of aromatic nitrogens is 1. The highest BCUT2D eigenvalue weighted by Gasteiger charge is 2.16. The van der Waals surface area contributed by atoms with Crippen LogP contribution in [0, 0.1) is 20.8 Å². The van der Waals surface area contributed by atoms with Gasteiger partial charge in [0.25, 0.3) is 5.91 Å². The molecule has 0 spiro atoms. The fourth-order valence-electron chi connectivity index (χ4n) is 5.27. The maximum atomic E-state index is 13.1. The Balaban J connectivity index is 1.36. The van der Waals surface area contributed by atoms with Gasteiger partial charge in [-0.15, -0.1) is 0 Å². The van der Waals surface area contributed by atoms with Gasteiger partial charge in [0, 0.05) is 28.7 Å². The van der Waals surface area contributed by atoms with Crippen molar-refractivity contribution in [3.05, 3.63) is 130 Å². The fraction of sp³-hybridized carbons (Fsp3) is 0.229. The molecule has 0 aliphatic heterocycles. The molecule has 0 radical (unpaired) electrons. The standard InChI is InChI=1S/C35H36N2O/c1-6-27-11-15-29(16-12-27)25(4)36-35(38)31-19-20-34-33(21-31)24(3)26(5)37(34)22-28-13-17-30(18-14-28)32-10-8-7-9-23(32)2/h7-21,25H,6,22H2,1-5H3,(H,36,38)/t25-/m0/s1. The zero-order chi connectivity index (χ0) is 26.8. The third-order valence-electron chi connectivity index (χ3n) is 7.89. The lowest BCUT2D eigenvalue weighted by Gasteiger charge is -2.15. The second kappa shape index (κ2) is 10.7. The molecule has 0 aliphatic rings. The van der Waals surface area contributed by atoms with Crippen molar-refractivity contribution in [3.63, 3.8) is 0 Å². The molecule has 5 rings (SSSR count). The lowest BCUT2D eigenvalue weighted by molar-refractivity contribution is 0.0940. The van der Waals surface area contributed by atoms with Crippen LogP contribution in [0.4, 0.5) is 0 Å². The molecule has 0 aliphatic carbocycles. The molecule has 0 unspecified atom stereocenters. The zero-order valence-electron chi connectivity index (χ0n) is 23.0. The van der Waals surface area contributed by atoms with Crippen LogP contribution in [0.3, 0.4) is 0 Å². The maximum absolute atomic E-state index is 13.1. The second-order valence-electron chi connectivity index (χ2n) is 10.3. The van der Waals surface area contributed by atoms with Crippen molar-refractivity contribution in [2.45, 2.75) is 53.6 Å². The number of rotatable bonds is 7. The molecule has 1 aromatic heterocycles. The summed E-state index contributed by atoms with van der Waals surface area (Å²) in [5.74, 6) is -0.0458. The summed E-state index contributed by atoms with van der Waals surface area (Å²) in [4.78, 5) is 13.1. The molecule has 0 fully saturated rings. The fourth-order valence-corrected chi connectivity index (χ4v) is 5.27. The molecular weight excluding hydrogens is 464 g/mol. The van der Waals surface area contributed by atoms with Crippen LogP contribution < -0.4 is 5.32 Å². The minimum Gasteiger partial charge on any atom is -0.346 e. The van der Waals surface area contributed by atoms with Gasteiger partial charge in [-0.1, -0.05) is 79.7 Å². The average molecular weight is 501 g/mol.